The van der Waals surface area contributed by atoms with E-state index in [0.717, 1.165) is 0 Å². The van der Waals surface area contributed by atoms with Crippen molar-refractivity contribution in [3.63, 3.8) is 0 Å². The van der Waals surface area contributed by atoms with Gasteiger partial charge in [0.15, 0.2) is 0 Å². The Kier molecular flexibility index (Phi) is 4.91. The number of halogens is 1. The van der Waals surface area contributed by atoms with Gasteiger partial charge in [-0.1, -0.05) is 6.07 Å². The zero-order chi connectivity index (χ0) is 21.8. The summed E-state index contributed by atoms with van der Waals surface area (Å²) in [5.41, 5.74) is 1.54. The third-order valence-corrected chi connectivity index (χ3v) is 6.45. The van der Waals surface area contributed by atoms with Crippen LogP contribution in [0.1, 0.15) is 32.4 Å². The molecule has 1 aromatic heterocycles. The Morgan fingerprint density at radius 1 is 1.23 bits per heavy atom. The smallest absolute Gasteiger partial charge is 0.419 e. The van der Waals surface area contributed by atoms with Gasteiger partial charge in [0.25, 0.3) is 0 Å². The van der Waals surface area contributed by atoms with E-state index in [4.69, 9.17) is 4.74 Å². The second-order valence-electron chi connectivity index (χ2n) is 8.21. The first-order chi connectivity index (χ1) is 14.0. The maximum atomic E-state index is 13.9. The predicted octanol–water partition coefficient (Wildman–Crippen LogP) is 4.89. The molecule has 1 aliphatic rings. The summed E-state index contributed by atoms with van der Waals surface area (Å²) >= 11 is 0. The molecule has 0 spiro atoms. The van der Waals surface area contributed by atoms with Gasteiger partial charge in [0.05, 0.1) is 23.1 Å². The Morgan fingerprint density at radius 2 is 1.97 bits per heavy atom. The minimum Gasteiger partial charge on any atom is -0.443 e. The fraction of sp³-hybridized carbons (Fsp3) is 0.286. The average Bonchev–Trinajstić information content (AvgIpc) is 3.14. The number of nitrogens with one attached hydrogen (secondary N) is 1. The van der Waals surface area contributed by atoms with Gasteiger partial charge in [-0.05, 0) is 62.2 Å². The van der Waals surface area contributed by atoms with E-state index in [1.165, 1.54) is 16.7 Å². The summed E-state index contributed by atoms with van der Waals surface area (Å²) in [4.78, 5) is 13.0. The minimum absolute atomic E-state index is 0.308. The van der Waals surface area contributed by atoms with Crippen LogP contribution in [0, 0.1) is 5.82 Å². The summed E-state index contributed by atoms with van der Waals surface area (Å²) in [6.45, 7) is 4.94. The number of hydrogen-bond donors (Lipinski definition) is 4. The molecule has 0 amide bonds. The van der Waals surface area contributed by atoms with Gasteiger partial charge in [-0.25, -0.2) is 13.9 Å². The van der Waals surface area contributed by atoms with Crippen molar-refractivity contribution in [2.24, 2.45) is 0 Å². The van der Waals surface area contributed by atoms with Crippen molar-refractivity contribution >= 4 is 27.8 Å². The Labute approximate surface area is 174 Å². The van der Waals surface area contributed by atoms with E-state index in [-0.39, 0.29) is 6.61 Å². The van der Waals surface area contributed by atoms with Gasteiger partial charge < -0.3 is 9.84 Å². The van der Waals surface area contributed by atoms with Crippen molar-refractivity contribution < 1.29 is 28.1 Å². The maximum Gasteiger partial charge on any atom is 0.419 e. The topological polar surface area (TPSA) is 104 Å². The molecule has 9 heteroatoms. The van der Waals surface area contributed by atoms with E-state index >= 15 is 0 Å². The number of benzene rings is 2. The lowest BCUT2D eigenvalue weighted by atomic mass is 9.99. The SMILES string of the molecule is CC(C)(C)OC(=O)n1cc(-c2ccc3c(c2)C(CO)NS3(O)O)c2ccc(F)cc21. The highest BCUT2D eigenvalue weighted by molar-refractivity contribution is 8.22. The molecule has 0 fully saturated rings. The number of nitrogens with zero attached hydrogens (tertiary/aromatic N) is 1. The lowest BCUT2D eigenvalue weighted by molar-refractivity contribution is 0.0544. The summed E-state index contributed by atoms with van der Waals surface area (Å²) in [6, 6.07) is 8.57. The van der Waals surface area contributed by atoms with E-state index in [2.05, 4.69) is 4.72 Å². The van der Waals surface area contributed by atoms with Crippen LogP contribution in [-0.4, -0.2) is 37.1 Å². The Hall–Kier alpha value is -2.43. The first-order valence-electron chi connectivity index (χ1n) is 9.35. The van der Waals surface area contributed by atoms with Gasteiger partial charge >= 0.3 is 6.09 Å². The molecule has 0 aliphatic carbocycles. The Bertz CT molecular complexity index is 1150. The molecule has 2 heterocycles. The molecule has 0 radical (unpaired) electrons. The van der Waals surface area contributed by atoms with Crippen molar-refractivity contribution in [1.82, 2.24) is 9.29 Å². The zero-order valence-corrected chi connectivity index (χ0v) is 17.5. The Morgan fingerprint density at radius 3 is 2.63 bits per heavy atom. The van der Waals surface area contributed by atoms with Gasteiger partial charge in [-0.3, -0.25) is 13.7 Å². The number of carbonyl (C=O) groups excluding carboxylic acids is 1. The van der Waals surface area contributed by atoms with E-state index in [9.17, 15) is 23.4 Å². The second kappa shape index (κ2) is 7.07. The molecule has 160 valence electrons. The average molecular weight is 434 g/mol. The zero-order valence-electron chi connectivity index (χ0n) is 16.7. The number of aromatic nitrogens is 1. The third kappa shape index (κ3) is 3.59. The number of hydrogen-bond acceptors (Lipinski definition) is 6. The van der Waals surface area contributed by atoms with Gasteiger partial charge in [0.1, 0.15) is 11.4 Å². The number of rotatable bonds is 2. The highest BCUT2D eigenvalue weighted by Gasteiger charge is 2.34. The molecule has 0 saturated carbocycles. The fourth-order valence-corrected chi connectivity index (χ4v) is 5.11. The van der Waals surface area contributed by atoms with Crippen LogP contribution in [0.5, 0.6) is 0 Å². The Balaban J connectivity index is 1.88. The molecule has 1 atom stereocenters. The summed E-state index contributed by atoms with van der Waals surface area (Å²) < 4.78 is 43.7. The van der Waals surface area contributed by atoms with Crippen molar-refractivity contribution in [2.75, 3.05) is 6.61 Å². The monoisotopic (exact) mass is 434 g/mol. The third-order valence-electron chi connectivity index (χ3n) is 4.85. The van der Waals surface area contributed by atoms with Gasteiger partial charge in [0, 0.05) is 17.1 Å². The highest BCUT2D eigenvalue weighted by atomic mass is 32.3. The second-order valence-corrected chi connectivity index (χ2v) is 9.98. The van der Waals surface area contributed by atoms with Crippen LogP contribution in [0.2, 0.25) is 0 Å². The molecule has 1 unspecified atom stereocenters. The molecule has 4 N–H and O–H groups in total. The van der Waals surface area contributed by atoms with Crippen LogP contribution in [0.4, 0.5) is 9.18 Å². The van der Waals surface area contributed by atoms with Crippen LogP contribution in [0.3, 0.4) is 0 Å². The molecule has 0 bridgehead atoms. The summed E-state index contributed by atoms with van der Waals surface area (Å²) in [6.07, 6.45) is 0.948. The summed E-state index contributed by atoms with van der Waals surface area (Å²) in [5, 5.41) is 10.3. The molecule has 4 rings (SSSR count). The molecule has 2 aromatic carbocycles. The fourth-order valence-electron chi connectivity index (χ4n) is 3.60. The van der Waals surface area contributed by atoms with E-state index < -0.39 is 34.3 Å². The molecular weight excluding hydrogens is 411 g/mol. The lowest BCUT2D eigenvalue weighted by Crippen LogP contribution is -2.26. The van der Waals surface area contributed by atoms with Gasteiger partial charge in [-0.15, -0.1) is 10.8 Å². The van der Waals surface area contributed by atoms with E-state index in [1.807, 2.05) is 0 Å². The first kappa shape index (κ1) is 20.8. The van der Waals surface area contributed by atoms with Crippen molar-refractivity contribution in [2.45, 2.75) is 37.3 Å². The molecule has 3 aromatic rings. The number of carbonyl (C=O) groups is 1. The molecule has 1 aliphatic heterocycles. The minimum atomic E-state index is -3.18. The van der Waals surface area contributed by atoms with E-state index in [1.54, 1.807) is 51.2 Å². The highest BCUT2D eigenvalue weighted by Crippen LogP contribution is 2.55. The van der Waals surface area contributed by atoms with Crippen LogP contribution in [0.15, 0.2) is 47.5 Å². The molecule has 30 heavy (non-hydrogen) atoms. The number of aliphatic hydroxyl groups excluding tert-OH is 1. The summed E-state index contributed by atoms with van der Waals surface area (Å²) in [7, 11) is -3.18. The predicted molar refractivity (Wildman–Crippen MR) is 113 cm³/mol. The molecular formula is C21H23FN2O5S. The van der Waals surface area contributed by atoms with Crippen LogP contribution in [-0.2, 0) is 4.74 Å². The van der Waals surface area contributed by atoms with Crippen LogP contribution in [0.25, 0.3) is 22.0 Å². The number of aliphatic hydroxyl groups is 1. The standard InChI is InChI=1S/C21H23FN2O5S/c1-21(2,3)29-20(26)24-10-16(14-6-5-13(22)9-18(14)24)12-4-7-19-15(8-12)17(11-25)23-30(19,27)28/h4-10,17,23,25,27-28H,11H2,1-3H3. The van der Waals surface area contributed by atoms with Gasteiger partial charge in [-0.2, -0.15) is 0 Å². The molecule has 0 saturated heterocycles. The first-order valence-corrected chi connectivity index (χ1v) is 10.9. The number of ether oxygens (including phenoxy) is 1. The van der Waals surface area contributed by atoms with Crippen molar-refractivity contribution in [1.29, 1.82) is 0 Å². The van der Waals surface area contributed by atoms with Gasteiger partial charge in [0.2, 0.25) is 0 Å². The van der Waals surface area contributed by atoms with Crippen LogP contribution < -0.4 is 4.72 Å². The van der Waals surface area contributed by atoms with Crippen molar-refractivity contribution in [3.05, 3.63) is 54.0 Å². The van der Waals surface area contributed by atoms with Crippen LogP contribution >= 0.6 is 10.8 Å². The largest absolute Gasteiger partial charge is 0.443 e. The normalized spacial score (nSPS) is 19.0. The van der Waals surface area contributed by atoms with Crippen molar-refractivity contribution in [3.8, 4) is 11.1 Å². The lowest BCUT2D eigenvalue weighted by Gasteiger charge is -2.28. The van der Waals surface area contributed by atoms with E-state index in [0.29, 0.717) is 32.5 Å². The number of fused-ring (bicyclic) bond motifs is 2. The summed E-state index contributed by atoms with van der Waals surface area (Å²) in [5.74, 6) is -0.482. The molecule has 7 nitrogen and oxygen atoms in total. The quantitative estimate of drug-likeness (QED) is 0.458. The maximum absolute atomic E-state index is 13.9.